The largest absolute Gasteiger partial charge is 0.479 e. The molecule has 104 valence electrons. The van der Waals surface area contributed by atoms with Gasteiger partial charge in [0.2, 0.25) is 0 Å². The summed E-state index contributed by atoms with van der Waals surface area (Å²) in [6, 6.07) is 1.43. The molecule has 2 rings (SSSR count). The zero-order valence-corrected chi connectivity index (χ0v) is 10.7. The highest BCUT2D eigenvalue weighted by Gasteiger charge is 2.31. The van der Waals surface area contributed by atoms with Crippen LogP contribution >= 0.6 is 0 Å². The molecular formula is C12H17N3O4. The van der Waals surface area contributed by atoms with Crippen molar-refractivity contribution in [1.82, 2.24) is 9.78 Å². The average Bonchev–Trinajstić information content (AvgIpc) is 2.85. The summed E-state index contributed by atoms with van der Waals surface area (Å²) in [5.74, 6) is -1.38. The van der Waals surface area contributed by atoms with Gasteiger partial charge >= 0.3 is 5.97 Å². The van der Waals surface area contributed by atoms with Gasteiger partial charge in [0.1, 0.15) is 0 Å². The Kier molecular flexibility index (Phi) is 3.57. The number of aromatic nitrogens is 2. The van der Waals surface area contributed by atoms with Crippen LogP contribution in [0.2, 0.25) is 0 Å². The Bertz CT molecular complexity index is 532. The molecule has 19 heavy (non-hydrogen) atoms. The minimum atomic E-state index is -2.01. The summed E-state index contributed by atoms with van der Waals surface area (Å²) in [6.07, 6.45) is 3.72. The maximum absolute atomic E-state index is 11.9. The third kappa shape index (κ3) is 2.93. The van der Waals surface area contributed by atoms with Crippen molar-refractivity contribution in [1.29, 1.82) is 0 Å². The topological polar surface area (TPSA) is 95.7 Å². The zero-order chi connectivity index (χ0) is 14.0. The summed E-state index contributed by atoms with van der Waals surface area (Å²) >= 11 is 0. The van der Waals surface area contributed by atoms with Crippen LogP contribution < -0.4 is 10.5 Å². The molecule has 0 bridgehead atoms. The van der Waals surface area contributed by atoms with Crippen LogP contribution in [0.4, 0.5) is 5.69 Å². The van der Waals surface area contributed by atoms with E-state index in [9.17, 15) is 14.7 Å². The van der Waals surface area contributed by atoms with Gasteiger partial charge in [0.05, 0.1) is 18.4 Å². The van der Waals surface area contributed by atoms with Gasteiger partial charge in [-0.1, -0.05) is 0 Å². The number of nitrogens with zero attached hydrogens (tertiary/aromatic N) is 3. The van der Waals surface area contributed by atoms with Crippen LogP contribution in [0, 0.1) is 0 Å². The fourth-order valence-electron chi connectivity index (χ4n) is 2.05. The zero-order valence-electron chi connectivity index (χ0n) is 10.7. The highest BCUT2D eigenvalue weighted by molar-refractivity contribution is 5.76. The van der Waals surface area contributed by atoms with E-state index in [1.54, 1.807) is 0 Å². The molecule has 0 spiro atoms. The third-order valence-electron chi connectivity index (χ3n) is 3.24. The number of aliphatic hydroxyl groups is 1. The molecule has 0 aromatic carbocycles. The summed E-state index contributed by atoms with van der Waals surface area (Å²) in [5, 5.41) is 22.4. The molecule has 1 aromatic rings. The van der Waals surface area contributed by atoms with Crippen molar-refractivity contribution in [3.8, 4) is 0 Å². The first-order valence-electron chi connectivity index (χ1n) is 6.18. The normalized spacial score (nSPS) is 18.3. The first kappa shape index (κ1) is 13.5. The van der Waals surface area contributed by atoms with Gasteiger partial charge in [-0.3, -0.25) is 4.79 Å². The highest BCUT2D eigenvalue weighted by Crippen LogP contribution is 2.17. The van der Waals surface area contributed by atoms with Crippen LogP contribution in [0.5, 0.6) is 0 Å². The molecule has 1 fully saturated rings. The van der Waals surface area contributed by atoms with E-state index in [0.29, 0.717) is 0 Å². The van der Waals surface area contributed by atoms with Gasteiger partial charge in [-0.2, -0.15) is 5.10 Å². The van der Waals surface area contributed by atoms with Crippen LogP contribution in [0.25, 0.3) is 0 Å². The second-order valence-corrected chi connectivity index (χ2v) is 4.98. The van der Waals surface area contributed by atoms with Crippen molar-refractivity contribution < 1.29 is 15.0 Å². The van der Waals surface area contributed by atoms with Crippen LogP contribution in [0.3, 0.4) is 0 Å². The molecule has 2 N–H and O–H groups in total. The minimum absolute atomic E-state index is 0.374. The molecule has 0 saturated carbocycles. The van der Waals surface area contributed by atoms with Gasteiger partial charge < -0.3 is 15.1 Å². The summed E-state index contributed by atoms with van der Waals surface area (Å²) in [7, 11) is 0. The van der Waals surface area contributed by atoms with Crippen LogP contribution in [-0.2, 0) is 11.3 Å². The van der Waals surface area contributed by atoms with Crippen LogP contribution in [0.15, 0.2) is 17.1 Å². The second kappa shape index (κ2) is 5.00. The Morgan fingerprint density at radius 3 is 2.63 bits per heavy atom. The van der Waals surface area contributed by atoms with E-state index < -0.39 is 17.1 Å². The first-order chi connectivity index (χ1) is 8.90. The number of hydrogen-bond acceptors (Lipinski definition) is 5. The Hall–Kier alpha value is -1.89. The monoisotopic (exact) mass is 267 g/mol. The lowest BCUT2D eigenvalue weighted by Crippen LogP contribution is -2.43. The summed E-state index contributed by atoms with van der Waals surface area (Å²) in [6.45, 7) is 2.56. The highest BCUT2D eigenvalue weighted by atomic mass is 16.4. The lowest BCUT2D eigenvalue weighted by atomic mass is 10.1. The quantitative estimate of drug-likeness (QED) is 0.776. The smallest absolute Gasteiger partial charge is 0.337 e. The van der Waals surface area contributed by atoms with E-state index in [4.69, 9.17) is 5.11 Å². The lowest BCUT2D eigenvalue weighted by Gasteiger charge is -2.20. The molecule has 7 heteroatoms. The van der Waals surface area contributed by atoms with E-state index in [-0.39, 0.29) is 6.54 Å². The number of anilines is 1. The summed E-state index contributed by atoms with van der Waals surface area (Å²) in [5.41, 5.74) is -1.67. The molecule has 7 nitrogen and oxygen atoms in total. The molecule has 1 saturated heterocycles. The van der Waals surface area contributed by atoms with Crippen molar-refractivity contribution in [3.63, 3.8) is 0 Å². The fourth-order valence-corrected chi connectivity index (χ4v) is 2.05. The minimum Gasteiger partial charge on any atom is -0.479 e. The van der Waals surface area contributed by atoms with Crippen LogP contribution in [-0.4, -0.2) is 44.7 Å². The van der Waals surface area contributed by atoms with Gasteiger partial charge in [-0.05, 0) is 19.8 Å². The van der Waals surface area contributed by atoms with E-state index in [0.717, 1.165) is 43.2 Å². The number of carboxylic acids is 1. The van der Waals surface area contributed by atoms with Crippen LogP contribution in [0.1, 0.15) is 19.8 Å². The Balaban J connectivity index is 2.20. The molecule has 1 atom stereocenters. The Morgan fingerprint density at radius 1 is 1.47 bits per heavy atom. The molecule has 2 heterocycles. The predicted molar refractivity (Wildman–Crippen MR) is 68.2 cm³/mol. The summed E-state index contributed by atoms with van der Waals surface area (Å²) < 4.78 is 0.966. The van der Waals surface area contributed by atoms with E-state index in [1.165, 1.54) is 12.3 Å². The molecule has 0 aliphatic carbocycles. The van der Waals surface area contributed by atoms with Crippen molar-refractivity contribution in [3.05, 3.63) is 22.6 Å². The molecule has 1 aliphatic rings. The van der Waals surface area contributed by atoms with Gasteiger partial charge in [0.15, 0.2) is 5.60 Å². The fraction of sp³-hybridized carbons (Fsp3) is 0.583. The summed E-state index contributed by atoms with van der Waals surface area (Å²) in [4.78, 5) is 24.7. The van der Waals surface area contributed by atoms with Gasteiger partial charge in [-0.25, -0.2) is 9.48 Å². The second-order valence-electron chi connectivity index (χ2n) is 4.98. The third-order valence-corrected chi connectivity index (χ3v) is 3.24. The predicted octanol–water partition coefficient (Wildman–Crippen LogP) is -0.321. The Labute approximate surface area is 110 Å². The molecular weight excluding hydrogens is 250 g/mol. The lowest BCUT2D eigenvalue weighted by molar-refractivity contribution is -0.158. The number of carboxylic acid groups (broad SMARTS) is 1. The number of aliphatic carboxylic acids is 1. The maximum Gasteiger partial charge on any atom is 0.337 e. The number of carbonyl (C=O) groups is 1. The molecule has 0 radical (unpaired) electrons. The van der Waals surface area contributed by atoms with E-state index >= 15 is 0 Å². The first-order valence-corrected chi connectivity index (χ1v) is 6.18. The Morgan fingerprint density at radius 2 is 2.11 bits per heavy atom. The van der Waals surface area contributed by atoms with Crippen molar-refractivity contribution in [2.75, 3.05) is 18.0 Å². The molecule has 1 aliphatic heterocycles. The van der Waals surface area contributed by atoms with Crippen molar-refractivity contribution in [2.24, 2.45) is 0 Å². The van der Waals surface area contributed by atoms with Gasteiger partial charge in [0, 0.05) is 19.2 Å². The van der Waals surface area contributed by atoms with E-state index in [2.05, 4.69) is 10.00 Å². The number of hydrogen-bond donors (Lipinski definition) is 2. The van der Waals surface area contributed by atoms with E-state index in [1.807, 2.05) is 0 Å². The average molecular weight is 267 g/mol. The maximum atomic E-state index is 11.9. The van der Waals surface area contributed by atoms with Gasteiger partial charge in [-0.15, -0.1) is 0 Å². The van der Waals surface area contributed by atoms with Crippen molar-refractivity contribution in [2.45, 2.75) is 31.9 Å². The van der Waals surface area contributed by atoms with Gasteiger partial charge in [0.25, 0.3) is 5.56 Å². The molecule has 1 unspecified atom stereocenters. The molecule has 1 aromatic heterocycles. The number of rotatable bonds is 4. The SMILES string of the molecule is CC(O)(Cn1ncc(N2CCCC2)cc1=O)C(=O)O. The standard InChI is InChI=1S/C12H17N3O4/c1-12(19,11(17)18)8-15-10(16)6-9(7-13-15)14-4-2-3-5-14/h6-7,19H,2-5,8H2,1H3,(H,17,18). The van der Waals surface area contributed by atoms with Crippen molar-refractivity contribution >= 4 is 11.7 Å². The molecule has 0 amide bonds.